The second-order valence-electron chi connectivity index (χ2n) is 4.13. The van der Waals surface area contributed by atoms with Crippen LogP contribution in [0.15, 0.2) is 17.6 Å². The molecule has 0 spiro atoms. The van der Waals surface area contributed by atoms with E-state index in [4.69, 9.17) is 4.74 Å². The maximum absolute atomic E-state index is 5.65. The van der Waals surface area contributed by atoms with E-state index in [2.05, 4.69) is 35.6 Å². The third-order valence-electron chi connectivity index (χ3n) is 2.85. The number of guanidine groups is 1. The second-order valence-corrected chi connectivity index (χ2v) is 4.13. The Kier molecular flexibility index (Phi) is 6.70. The van der Waals surface area contributed by atoms with Gasteiger partial charge in [0.15, 0.2) is 5.96 Å². The number of nitrogens with zero attached hydrogens (tertiary/aromatic N) is 2. The molecule has 98 valence electrons. The Morgan fingerprint density at radius 3 is 2.71 bits per heavy atom. The van der Waals surface area contributed by atoms with E-state index in [1.54, 1.807) is 0 Å². The van der Waals surface area contributed by atoms with Gasteiger partial charge in [-0.1, -0.05) is 6.08 Å². The first-order valence-electron chi connectivity index (χ1n) is 6.57. The van der Waals surface area contributed by atoms with Crippen molar-refractivity contribution in [3.05, 3.63) is 12.7 Å². The fourth-order valence-corrected chi connectivity index (χ4v) is 2.05. The lowest BCUT2D eigenvalue weighted by Crippen LogP contribution is -2.47. The lowest BCUT2D eigenvalue weighted by Gasteiger charge is -2.34. The lowest BCUT2D eigenvalue weighted by atomic mass is 10.1. The molecule has 0 bridgehead atoms. The molecular formula is C13H25N3O. The Labute approximate surface area is 105 Å². The number of rotatable bonds is 5. The summed E-state index contributed by atoms with van der Waals surface area (Å²) in [4.78, 5) is 6.81. The Bertz CT molecular complexity index is 245. The van der Waals surface area contributed by atoms with Crippen molar-refractivity contribution in [1.29, 1.82) is 0 Å². The van der Waals surface area contributed by atoms with Crippen LogP contribution in [0.3, 0.4) is 0 Å². The molecule has 1 aliphatic rings. The number of nitrogens with one attached hydrogen (secondary N) is 1. The van der Waals surface area contributed by atoms with E-state index in [9.17, 15) is 0 Å². The van der Waals surface area contributed by atoms with Gasteiger partial charge in [-0.05, 0) is 26.7 Å². The average molecular weight is 239 g/mol. The first-order chi connectivity index (χ1) is 8.31. The predicted octanol–water partition coefficient (Wildman–Crippen LogP) is 1.64. The number of hydrogen-bond acceptors (Lipinski definition) is 2. The summed E-state index contributed by atoms with van der Waals surface area (Å²) in [5.41, 5.74) is 0. The maximum Gasteiger partial charge on any atom is 0.194 e. The van der Waals surface area contributed by atoms with Crippen LogP contribution in [0.2, 0.25) is 0 Å². The minimum atomic E-state index is 0.429. The number of likely N-dealkylation sites (tertiary alicyclic amines) is 1. The zero-order valence-electron chi connectivity index (χ0n) is 11.1. The lowest BCUT2D eigenvalue weighted by molar-refractivity contribution is 0.0264. The molecule has 0 radical (unpaired) electrons. The third-order valence-corrected chi connectivity index (χ3v) is 2.85. The monoisotopic (exact) mass is 239 g/mol. The summed E-state index contributed by atoms with van der Waals surface area (Å²) in [7, 11) is 0. The van der Waals surface area contributed by atoms with Crippen molar-refractivity contribution in [3.63, 3.8) is 0 Å². The van der Waals surface area contributed by atoms with Gasteiger partial charge in [-0.2, -0.15) is 0 Å². The highest BCUT2D eigenvalue weighted by Crippen LogP contribution is 2.13. The van der Waals surface area contributed by atoms with Gasteiger partial charge in [0.1, 0.15) is 0 Å². The van der Waals surface area contributed by atoms with Gasteiger partial charge in [0, 0.05) is 26.2 Å². The molecule has 0 aliphatic carbocycles. The van der Waals surface area contributed by atoms with Crippen LogP contribution >= 0.6 is 0 Å². The predicted molar refractivity (Wildman–Crippen MR) is 72.4 cm³/mol. The van der Waals surface area contributed by atoms with Crippen molar-refractivity contribution in [2.24, 2.45) is 4.99 Å². The topological polar surface area (TPSA) is 36.9 Å². The Balaban J connectivity index is 2.45. The molecule has 0 aromatic heterocycles. The van der Waals surface area contributed by atoms with Crippen molar-refractivity contribution < 1.29 is 4.74 Å². The second kappa shape index (κ2) is 8.12. The van der Waals surface area contributed by atoms with E-state index in [1.807, 2.05) is 6.08 Å². The molecule has 17 heavy (non-hydrogen) atoms. The Hall–Kier alpha value is -1.03. The molecular weight excluding hydrogens is 214 g/mol. The van der Waals surface area contributed by atoms with E-state index >= 15 is 0 Å². The van der Waals surface area contributed by atoms with Crippen LogP contribution in [0.5, 0.6) is 0 Å². The van der Waals surface area contributed by atoms with Crippen molar-refractivity contribution >= 4 is 5.96 Å². The van der Waals surface area contributed by atoms with Crippen molar-refractivity contribution in [2.45, 2.75) is 32.8 Å². The van der Waals surface area contributed by atoms with Crippen LogP contribution in [0, 0.1) is 0 Å². The maximum atomic E-state index is 5.65. The van der Waals surface area contributed by atoms with Gasteiger partial charge in [0.25, 0.3) is 0 Å². The van der Waals surface area contributed by atoms with E-state index in [0.717, 1.165) is 45.0 Å². The van der Waals surface area contributed by atoms with Gasteiger partial charge < -0.3 is 15.0 Å². The summed E-state index contributed by atoms with van der Waals surface area (Å²) in [6.45, 7) is 12.3. The summed E-state index contributed by atoms with van der Waals surface area (Å²) >= 11 is 0. The fraction of sp³-hybridized carbons (Fsp3) is 0.769. The van der Waals surface area contributed by atoms with Crippen LogP contribution in [0.4, 0.5) is 0 Å². The number of piperidine rings is 1. The van der Waals surface area contributed by atoms with Gasteiger partial charge in [0.05, 0.1) is 12.6 Å². The molecule has 0 amide bonds. The van der Waals surface area contributed by atoms with Crippen LogP contribution in [0.1, 0.15) is 26.7 Å². The van der Waals surface area contributed by atoms with Gasteiger partial charge in [-0.25, -0.2) is 4.99 Å². The van der Waals surface area contributed by atoms with Gasteiger partial charge in [-0.15, -0.1) is 6.58 Å². The third kappa shape index (κ3) is 4.77. The van der Waals surface area contributed by atoms with Gasteiger partial charge >= 0.3 is 0 Å². The summed E-state index contributed by atoms with van der Waals surface area (Å²) in [5.74, 6) is 1.00. The minimum absolute atomic E-state index is 0.429. The summed E-state index contributed by atoms with van der Waals surface area (Å²) in [6, 6.07) is 0. The molecule has 1 N–H and O–H groups in total. The molecule has 0 unspecified atom stereocenters. The minimum Gasteiger partial charge on any atom is -0.378 e. The van der Waals surface area contributed by atoms with Crippen molar-refractivity contribution in [3.8, 4) is 0 Å². The molecule has 1 heterocycles. The molecule has 1 rings (SSSR count). The van der Waals surface area contributed by atoms with Crippen molar-refractivity contribution in [2.75, 3.05) is 32.8 Å². The zero-order chi connectivity index (χ0) is 12.5. The van der Waals surface area contributed by atoms with Crippen molar-refractivity contribution in [1.82, 2.24) is 10.2 Å². The van der Waals surface area contributed by atoms with Crippen LogP contribution in [-0.4, -0.2) is 49.7 Å². The number of aliphatic imine (C=N–C) groups is 1. The highest BCUT2D eigenvalue weighted by atomic mass is 16.5. The number of hydrogen-bond donors (Lipinski definition) is 1. The molecule has 1 fully saturated rings. The molecule has 0 saturated carbocycles. The summed E-state index contributed by atoms with van der Waals surface area (Å²) < 4.78 is 5.65. The average Bonchev–Trinajstić information content (AvgIpc) is 2.36. The fourth-order valence-electron chi connectivity index (χ4n) is 2.05. The summed E-state index contributed by atoms with van der Waals surface area (Å²) in [5, 5.41) is 3.32. The van der Waals surface area contributed by atoms with E-state index in [-0.39, 0.29) is 0 Å². The SMILES string of the molecule is C=CCN=C(NCC)N1CCC(OCC)CC1. The Morgan fingerprint density at radius 2 is 2.18 bits per heavy atom. The molecule has 0 atom stereocenters. The molecule has 0 aromatic carbocycles. The zero-order valence-corrected chi connectivity index (χ0v) is 11.1. The standard InChI is InChI=1S/C13H25N3O/c1-4-9-15-13(14-5-2)16-10-7-12(8-11-16)17-6-3/h4,12H,1,5-11H2,2-3H3,(H,14,15). The molecule has 1 saturated heterocycles. The molecule has 0 aromatic rings. The van der Waals surface area contributed by atoms with Crippen LogP contribution in [0.25, 0.3) is 0 Å². The van der Waals surface area contributed by atoms with E-state index in [0.29, 0.717) is 12.6 Å². The largest absolute Gasteiger partial charge is 0.378 e. The quantitative estimate of drug-likeness (QED) is 0.450. The smallest absolute Gasteiger partial charge is 0.194 e. The first-order valence-corrected chi connectivity index (χ1v) is 6.57. The van der Waals surface area contributed by atoms with E-state index < -0.39 is 0 Å². The highest BCUT2D eigenvalue weighted by Gasteiger charge is 2.21. The Morgan fingerprint density at radius 1 is 1.47 bits per heavy atom. The first kappa shape index (κ1) is 14.0. The highest BCUT2D eigenvalue weighted by molar-refractivity contribution is 5.80. The van der Waals surface area contributed by atoms with Gasteiger partial charge in [-0.3, -0.25) is 0 Å². The van der Waals surface area contributed by atoms with Gasteiger partial charge in [0.2, 0.25) is 0 Å². The summed E-state index contributed by atoms with van der Waals surface area (Å²) in [6.07, 6.45) is 4.43. The molecule has 1 aliphatic heterocycles. The molecule has 4 heteroatoms. The van der Waals surface area contributed by atoms with Crippen LogP contribution < -0.4 is 5.32 Å². The normalized spacial score (nSPS) is 18.2. The van der Waals surface area contributed by atoms with Crippen LogP contribution in [-0.2, 0) is 4.74 Å². The van der Waals surface area contributed by atoms with E-state index in [1.165, 1.54) is 0 Å². The number of ether oxygens (including phenoxy) is 1. The molecule has 4 nitrogen and oxygen atoms in total.